The average Bonchev–Trinajstić information content (AvgIpc) is 2.44. The normalized spacial score (nSPS) is 17.9. The monoisotopic (exact) mass is 488 g/mol. The molecule has 0 aromatic rings. The van der Waals surface area contributed by atoms with Crippen LogP contribution in [-0.4, -0.2) is 82.9 Å². The van der Waals surface area contributed by atoms with Gasteiger partial charge in [0.25, 0.3) is 0 Å². The molecule has 1 aliphatic carbocycles. The van der Waals surface area contributed by atoms with Crippen LogP contribution in [0.2, 0.25) is 0 Å². The summed E-state index contributed by atoms with van der Waals surface area (Å²) in [5.41, 5.74) is 0. The van der Waals surface area contributed by atoms with Crippen molar-refractivity contribution in [3.8, 4) is 0 Å². The molecule has 0 aromatic heterocycles. The van der Waals surface area contributed by atoms with Gasteiger partial charge in [-0.2, -0.15) is 0 Å². The topological polar surface area (TPSA) is 230 Å². The molecule has 12 nitrogen and oxygen atoms in total. The Labute approximate surface area is 182 Å². The SMILES string of the molecule is O.O.O=C([O-])CN(CC(=O)[O-])[C@@H]1CCCC[C@H]1N(CC(=O)[O-])CC(=O)[O-].[Mn+2].[Mn+2]. The molecular weight excluding hydrogens is 466 g/mol. The van der Waals surface area contributed by atoms with Gasteiger partial charge in [0.15, 0.2) is 0 Å². The van der Waals surface area contributed by atoms with Crippen molar-refractivity contribution in [2.75, 3.05) is 26.2 Å². The summed E-state index contributed by atoms with van der Waals surface area (Å²) in [5.74, 6) is -5.97. The maximum atomic E-state index is 10.9. The van der Waals surface area contributed by atoms with Crippen molar-refractivity contribution in [1.29, 1.82) is 0 Å². The Hall–Kier alpha value is -1.24. The van der Waals surface area contributed by atoms with Gasteiger partial charge in [-0.1, -0.05) is 12.8 Å². The molecular formula is C14H22Mn2N2O10. The number of carboxylic acids is 4. The molecule has 1 saturated carbocycles. The van der Waals surface area contributed by atoms with Crippen LogP contribution in [0.1, 0.15) is 25.7 Å². The van der Waals surface area contributed by atoms with Gasteiger partial charge in [0.05, 0.1) is 23.9 Å². The first-order valence-corrected chi connectivity index (χ1v) is 7.48. The summed E-state index contributed by atoms with van der Waals surface area (Å²) in [6.07, 6.45) is 2.12. The van der Waals surface area contributed by atoms with E-state index in [1.54, 1.807) is 0 Å². The fourth-order valence-corrected chi connectivity index (χ4v) is 3.19. The molecule has 4 N–H and O–H groups in total. The summed E-state index contributed by atoms with van der Waals surface area (Å²) in [4.78, 5) is 45.7. The molecule has 0 spiro atoms. The van der Waals surface area contributed by atoms with E-state index >= 15 is 0 Å². The number of carboxylic acid groups (broad SMARTS) is 4. The van der Waals surface area contributed by atoms with Gasteiger partial charge in [-0.3, -0.25) is 9.80 Å². The molecule has 162 valence electrons. The predicted molar refractivity (Wildman–Crippen MR) is 76.4 cm³/mol. The number of carbonyl (C=O) groups excluding carboxylic acids is 4. The predicted octanol–water partition coefficient (Wildman–Crippen LogP) is -7.75. The zero-order chi connectivity index (χ0) is 18.3. The van der Waals surface area contributed by atoms with Gasteiger partial charge in [-0.05, 0) is 12.8 Å². The molecule has 0 amide bonds. The van der Waals surface area contributed by atoms with E-state index in [1.807, 2.05) is 0 Å². The van der Waals surface area contributed by atoms with E-state index < -0.39 is 62.1 Å². The third-order valence-corrected chi connectivity index (χ3v) is 3.96. The maximum absolute atomic E-state index is 10.9. The zero-order valence-corrected chi connectivity index (χ0v) is 17.1. The first-order valence-electron chi connectivity index (χ1n) is 7.48. The Balaban J connectivity index is -0.000000720. The largest absolute Gasteiger partial charge is 2.00 e. The number of rotatable bonds is 10. The number of hydrogen-bond donors (Lipinski definition) is 0. The molecule has 1 fully saturated rings. The molecule has 1 rings (SSSR count). The van der Waals surface area contributed by atoms with Gasteiger partial charge in [-0.25, -0.2) is 0 Å². The van der Waals surface area contributed by atoms with Crippen LogP contribution in [0.4, 0.5) is 0 Å². The zero-order valence-electron chi connectivity index (χ0n) is 14.7. The molecule has 0 bridgehead atoms. The van der Waals surface area contributed by atoms with Gasteiger partial charge in [-0.15, -0.1) is 0 Å². The van der Waals surface area contributed by atoms with Gasteiger partial charge in [0.2, 0.25) is 0 Å². The average molecular weight is 488 g/mol. The Kier molecular flexibility index (Phi) is 20.4. The minimum absolute atomic E-state index is 0. The van der Waals surface area contributed by atoms with E-state index in [4.69, 9.17) is 0 Å². The Morgan fingerprint density at radius 2 is 0.821 bits per heavy atom. The van der Waals surface area contributed by atoms with Crippen LogP contribution >= 0.6 is 0 Å². The molecule has 0 unspecified atom stereocenters. The van der Waals surface area contributed by atoms with E-state index in [0.717, 1.165) is 9.80 Å². The molecule has 0 saturated heterocycles. The number of carbonyl (C=O) groups is 4. The van der Waals surface area contributed by atoms with Crippen molar-refractivity contribution in [3.05, 3.63) is 0 Å². The van der Waals surface area contributed by atoms with Crippen LogP contribution < -0.4 is 20.4 Å². The standard InChI is InChI=1S/C14H22N2O8.2Mn.2H2O/c17-11(18)5-15(6-12(19)20)9-3-1-2-4-10(9)16(7-13(21)22)8-14(23)24;;;;/h9-10H,1-8H2,(H,17,18)(H,19,20)(H,21,22)(H,23,24);;;2*1H2/q;2*+2;;/p-4/t9-,10-;;;;/m1..../s1. The molecule has 14 heteroatoms. The fraction of sp³-hybridized carbons (Fsp3) is 0.714. The molecule has 0 aliphatic heterocycles. The third-order valence-electron chi connectivity index (χ3n) is 3.96. The second-order valence-corrected chi connectivity index (χ2v) is 5.72. The van der Waals surface area contributed by atoms with E-state index in [2.05, 4.69) is 0 Å². The van der Waals surface area contributed by atoms with Crippen LogP contribution in [0.15, 0.2) is 0 Å². The molecule has 2 radical (unpaired) electrons. The first kappa shape index (κ1) is 34.3. The van der Waals surface area contributed by atoms with E-state index in [-0.39, 0.29) is 45.1 Å². The Morgan fingerprint density at radius 3 is 1.00 bits per heavy atom. The first-order chi connectivity index (χ1) is 11.2. The summed E-state index contributed by atoms with van der Waals surface area (Å²) in [6.45, 7) is -2.72. The number of hydrogen-bond acceptors (Lipinski definition) is 10. The Bertz CT molecular complexity index is 433. The van der Waals surface area contributed by atoms with Gasteiger partial charge in [0.1, 0.15) is 0 Å². The third kappa shape index (κ3) is 12.3. The molecule has 0 heterocycles. The van der Waals surface area contributed by atoms with E-state index in [9.17, 15) is 39.6 Å². The molecule has 0 aromatic carbocycles. The number of nitrogens with zero attached hydrogens (tertiary/aromatic N) is 2. The summed E-state index contributed by atoms with van der Waals surface area (Å²) < 4.78 is 0. The Morgan fingerprint density at radius 1 is 0.607 bits per heavy atom. The van der Waals surface area contributed by atoms with Crippen molar-refractivity contribution in [2.24, 2.45) is 0 Å². The van der Waals surface area contributed by atoms with Gasteiger partial charge < -0.3 is 50.6 Å². The summed E-state index contributed by atoms with van der Waals surface area (Å²) in [6, 6.07) is -1.32. The maximum Gasteiger partial charge on any atom is 2.00 e. The van der Waals surface area contributed by atoms with Crippen molar-refractivity contribution >= 4 is 23.9 Å². The second-order valence-electron chi connectivity index (χ2n) is 5.72. The van der Waals surface area contributed by atoms with Gasteiger partial charge in [0, 0.05) is 38.3 Å². The van der Waals surface area contributed by atoms with E-state index in [0.29, 0.717) is 25.7 Å². The van der Waals surface area contributed by atoms with Crippen LogP contribution in [0.5, 0.6) is 0 Å². The minimum atomic E-state index is -1.49. The number of aliphatic carboxylic acids is 4. The summed E-state index contributed by atoms with van der Waals surface area (Å²) in [7, 11) is 0. The molecule has 28 heavy (non-hydrogen) atoms. The molecule has 2 atom stereocenters. The summed E-state index contributed by atoms with van der Waals surface area (Å²) >= 11 is 0. The van der Waals surface area contributed by atoms with Crippen LogP contribution in [-0.2, 0) is 53.3 Å². The van der Waals surface area contributed by atoms with Crippen LogP contribution in [0, 0.1) is 0 Å². The minimum Gasteiger partial charge on any atom is -0.549 e. The quantitative estimate of drug-likeness (QED) is 0.264. The van der Waals surface area contributed by atoms with Crippen molar-refractivity contribution in [3.63, 3.8) is 0 Å². The summed E-state index contributed by atoms with van der Waals surface area (Å²) in [5, 5.41) is 43.5. The van der Waals surface area contributed by atoms with Crippen LogP contribution in [0.3, 0.4) is 0 Å². The molecule has 1 aliphatic rings. The van der Waals surface area contributed by atoms with Crippen molar-refractivity contribution in [1.82, 2.24) is 9.80 Å². The van der Waals surface area contributed by atoms with Crippen LogP contribution in [0.25, 0.3) is 0 Å². The van der Waals surface area contributed by atoms with Gasteiger partial charge >= 0.3 is 34.1 Å². The smallest absolute Gasteiger partial charge is 0.549 e. The van der Waals surface area contributed by atoms with E-state index in [1.165, 1.54) is 0 Å². The fourth-order valence-electron chi connectivity index (χ4n) is 3.19. The van der Waals surface area contributed by atoms with Crippen molar-refractivity contribution in [2.45, 2.75) is 37.8 Å². The van der Waals surface area contributed by atoms with Crippen molar-refractivity contribution < 1.29 is 84.7 Å². The second kappa shape index (κ2) is 16.7.